The molecule has 2 atom stereocenters. The monoisotopic (exact) mass is 331 g/mol. The molecule has 3 rings (SSSR count). The van der Waals surface area contributed by atoms with E-state index in [2.05, 4.69) is 13.8 Å². The molecule has 2 amide bonds. The molecule has 6 nitrogen and oxygen atoms in total. The van der Waals surface area contributed by atoms with E-state index < -0.39 is 12.1 Å². The maximum absolute atomic E-state index is 12.1. The van der Waals surface area contributed by atoms with Crippen LogP contribution in [0.25, 0.3) is 0 Å². The zero-order valence-electron chi connectivity index (χ0n) is 14.2. The summed E-state index contributed by atoms with van der Waals surface area (Å²) in [5.41, 5.74) is 8.89. The molecule has 1 aromatic rings. The second kappa shape index (κ2) is 6.43. The highest BCUT2D eigenvalue weighted by Crippen LogP contribution is 2.36. The molecule has 3 N–H and O–H groups in total. The Hall–Kier alpha value is -2.08. The lowest BCUT2D eigenvalue weighted by Crippen LogP contribution is -2.40. The van der Waals surface area contributed by atoms with Crippen molar-refractivity contribution >= 4 is 17.7 Å². The average Bonchev–Trinajstić information content (AvgIpc) is 2.86. The molecule has 0 bridgehead atoms. The van der Waals surface area contributed by atoms with Crippen molar-refractivity contribution in [3.05, 3.63) is 29.3 Å². The van der Waals surface area contributed by atoms with Gasteiger partial charge in [0, 0.05) is 18.8 Å². The normalized spacial score (nSPS) is 23.8. The predicted octanol–water partition coefficient (Wildman–Crippen LogP) is 2.37. The summed E-state index contributed by atoms with van der Waals surface area (Å²) in [6, 6.07) is 5.43. The Bertz CT molecular complexity index is 659. The van der Waals surface area contributed by atoms with Gasteiger partial charge in [-0.15, -0.1) is 0 Å². The van der Waals surface area contributed by atoms with Crippen molar-refractivity contribution in [2.45, 2.75) is 45.2 Å². The molecule has 2 heterocycles. The Morgan fingerprint density at radius 1 is 1.38 bits per heavy atom. The van der Waals surface area contributed by atoms with Gasteiger partial charge in [-0.2, -0.15) is 0 Å². The quantitative estimate of drug-likeness (QED) is 0.890. The fourth-order valence-electron chi connectivity index (χ4n) is 3.75. The van der Waals surface area contributed by atoms with Crippen LogP contribution in [0.4, 0.5) is 10.5 Å². The van der Waals surface area contributed by atoms with Gasteiger partial charge in [-0.05, 0) is 48.4 Å². The molecule has 1 unspecified atom stereocenters. The van der Waals surface area contributed by atoms with E-state index in [1.54, 1.807) is 9.80 Å². The van der Waals surface area contributed by atoms with E-state index in [0.29, 0.717) is 31.8 Å². The van der Waals surface area contributed by atoms with Crippen LogP contribution < -0.4 is 10.6 Å². The number of fused-ring (bicyclic) bond motifs is 1. The van der Waals surface area contributed by atoms with Crippen molar-refractivity contribution in [1.82, 2.24) is 4.90 Å². The minimum Gasteiger partial charge on any atom is -0.465 e. The van der Waals surface area contributed by atoms with Gasteiger partial charge >= 0.3 is 6.09 Å². The number of anilines is 1. The van der Waals surface area contributed by atoms with Crippen LogP contribution in [-0.2, 0) is 11.2 Å². The van der Waals surface area contributed by atoms with Gasteiger partial charge in [0.15, 0.2) is 0 Å². The van der Waals surface area contributed by atoms with E-state index >= 15 is 0 Å². The zero-order valence-corrected chi connectivity index (χ0v) is 14.2. The average molecular weight is 331 g/mol. The highest BCUT2D eigenvalue weighted by Gasteiger charge is 2.33. The van der Waals surface area contributed by atoms with Gasteiger partial charge in [-0.3, -0.25) is 4.79 Å². The molecule has 6 heteroatoms. The maximum atomic E-state index is 12.1. The number of rotatable bonds is 3. The molecule has 2 aliphatic heterocycles. The van der Waals surface area contributed by atoms with Crippen LogP contribution in [-0.4, -0.2) is 41.1 Å². The molecule has 1 fully saturated rings. The van der Waals surface area contributed by atoms with Gasteiger partial charge in [0.05, 0.1) is 12.1 Å². The highest BCUT2D eigenvalue weighted by molar-refractivity contribution is 5.99. The largest absolute Gasteiger partial charge is 0.465 e. The van der Waals surface area contributed by atoms with Crippen molar-refractivity contribution in [3.63, 3.8) is 0 Å². The van der Waals surface area contributed by atoms with Crippen molar-refractivity contribution < 1.29 is 14.7 Å². The van der Waals surface area contributed by atoms with E-state index in [1.165, 1.54) is 0 Å². The van der Waals surface area contributed by atoms with E-state index in [1.807, 2.05) is 18.2 Å². The molecular weight excluding hydrogens is 306 g/mol. The first-order valence-corrected chi connectivity index (χ1v) is 8.58. The molecule has 0 saturated carbocycles. The number of carboxylic acid groups (broad SMARTS) is 1. The molecule has 24 heavy (non-hydrogen) atoms. The Balaban J connectivity index is 1.92. The number of hydrogen-bond donors (Lipinski definition) is 2. The van der Waals surface area contributed by atoms with Crippen LogP contribution in [0.15, 0.2) is 18.2 Å². The molecule has 0 radical (unpaired) electrons. The number of nitrogens with two attached hydrogens (primary N) is 1. The van der Waals surface area contributed by atoms with Gasteiger partial charge in [0.1, 0.15) is 0 Å². The van der Waals surface area contributed by atoms with E-state index in [-0.39, 0.29) is 11.9 Å². The second-order valence-corrected chi connectivity index (χ2v) is 7.14. The highest BCUT2D eigenvalue weighted by atomic mass is 16.4. The lowest BCUT2D eigenvalue weighted by Gasteiger charge is -2.37. The van der Waals surface area contributed by atoms with Gasteiger partial charge in [-0.1, -0.05) is 19.9 Å². The fraction of sp³-hybridized carbons (Fsp3) is 0.556. The Kier molecular flexibility index (Phi) is 4.49. The Morgan fingerprint density at radius 3 is 2.71 bits per heavy atom. The van der Waals surface area contributed by atoms with E-state index in [4.69, 9.17) is 5.73 Å². The lowest BCUT2D eigenvalue weighted by atomic mass is 9.87. The SMILES string of the molecule is CC(C)CC1c2ccc(N3CC[C@@H](N)C3=O)cc2CCN1C(=O)O. The Labute approximate surface area is 142 Å². The zero-order chi connectivity index (χ0) is 17.4. The molecule has 130 valence electrons. The maximum Gasteiger partial charge on any atom is 0.407 e. The summed E-state index contributed by atoms with van der Waals surface area (Å²) < 4.78 is 0. The minimum atomic E-state index is -0.865. The summed E-state index contributed by atoms with van der Waals surface area (Å²) in [6.45, 7) is 5.35. The van der Waals surface area contributed by atoms with Crippen LogP contribution in [0.1, 0.15) is 43.9 Å². The third kappa shape index (κ3) is 2.98. The Morgan fingerprint density at radius 2 is 2.12 bits per heavy atom. The van der Waals surface area contributed by atoms with Gasteiger partial charge in [0.2, 0.25) is 5.91 Å². The second-order valence-electron chi connectivity index (χ2n) is 7.14. The van der Waals surface area contributed by atoms with Crippen LogP contribution in [0.3, 0.4) is 0 Å². The number of amides is 2. The summed E-state index contributed by atoms with van der Waals surface area (Å²) in [5, 5.41) is 9.50. The standard InChI is InChI=1S/C18H25N3O3/c1-11(2)9-16-14-4-3-13(20-8-6-15(19)17(20)22)10-12(14)5-7-21(16)18(23)24/h3-4,10-11,15-16H,5-9,19H2,1-2H3,(H,23,24)/t15-,16?/m1/s1. The van der Waals surface area contributed by atoms with Crippen LogP contribution in [0.2, 0.25) is 0 Å². The minimum absolute atomic E-state index is 0.0309. The number of nitrogens with zero attached hydrogens (tertiary/aromatic N) is 2. The van der Waals surface area contributed by atoms with Gasteiger partial charge < -0.3 is 20.6 Å². The molecule has 2 aliphatic rings. The first-order chi connectivity index (χ1) is 11.4. The van der Waals surface area contributed by atoms with Crippen LogP contribution in [0.5, 0.6) is 0 Å². The van der Waals surface area contributed by atoms with Crippen molar-refractivity contribution in [2.24, 2.45) is 11.7 Å². The van der Waals surface area contributed by atoms with Crippen LogP contribution >= 0.6 is 0 Å². The lowest BCUT2D eigenvalue weighted by molar-refractivity contribution is -0.118. The summed E-state index contributed by atoms with van der Waals surface area (Å²) in [5.74, 6) is 0.372. The summed E-state index contributed by atoms with van der Waals surface area (Å²) in [6.07, 6.45) is 1.29. The number of carbonyl (C=O) groups is 2. The number of benzene rings is 1. The molecule has 0 aromatic heterocycles. The molecular formula is C18H25N3O3. The first kappa shape index (κ1) is 16.8. The fourth-order valence-corrected chi connectivity index (χ4v) is 3.75. The van der Waals surface area contributed by atoms with Crippen molar-refractivity contribution in [1.29, 1.82) is 0 Å². The van der Waals surface area contributed by atoms with Crippen molar-refractivity contribution in [2.75, 3.05) is 18.0 Å². The first-order valence-electron chi connectivity index (χ1n) is 8.58. The smallest absolute Gasteiger partial charge is 0.407 e. The summed E-state index contributed by atoms with van der Waals surface area (Å²) in [4.78, 5) is 27.0. The summed E-state index contributed by atoms with van der Waals surface area (Å²) in [7, 11) is 0. The topological polar surface area (TPSA) is 86.9 Å². The summed E-state index contributed by atoms with van der Waals surface area (Å²) >= 11 is 0. The third-order valence-corrected chi connectivity index (χ3v) is 4.98. The number of carbonyl (C=O) groups excluding carboxylic acids is 1. The van der Waals surface area contributed by atoms with E-state index in [9.17, 15) is 14.7 Å². The third-order valence-electron chi connectivity index (χ3n) is 4.98. The van der Waals surface area contributed by atoms with E-state index in [0.717, 1.165) is 23.2 Å². The molecule has 0 spiro atoms. The van der Waals surface area contributed by atoms with Crippen LogP contribution in [0, 0.1) is 5.92 Å². The van der Waals surface area contributed by atoms with Gasteiger partial charge in [0.25, 0.3) is 0 Å². The predicted molar refractivity (Wildman–Crippen MR) is 92.0 cm³/mol. The molecule has 1 saturated heterocycles. The van der Waals surface area contributed by atoms with Gasteiger partial charge in [-0.25, -0.2) is 4.79 Å². The van der Waals surface area contributed by atoms with Crippen molar-refractivity contribution in [3.8, 4) is 0 Å². The molecule has 1 aromatic carbocycles. The molecule has 0 aliphatic carbocycles. The number of hydrogen-bond acceptors (Lipinski definition) is 3.